The Balaban J connectivity index is 0. The fourth-order valence-electron chi connectivity index (χ4n) is 0.348. The zero-order chi connectivity index (χ0) is 9.11. The zero-order valence-electron chi connectivity index (χ0n) is 7.42. The van der Waals surface area contributed by atoms with Crippen LogP contribution in [0.15, 0.2) is 12.2 Å². The molecule has 0 saturated carbocycles. The number of aliphatic hydroxyl groups is 1. The van der Waals surface area contributed by atoms with E-state index in [4.69, 9.17) is 5.11 Å². The third-order valence-electron chi connectivity index (χ3n) is 0.811. The van der Waals surface area contributed by atoms with Crippen LogP contribution in [0.3, 0.4) is 0 Å². The van der Waals surface area contributed by atoms with Crippen molar-refractivity contribution in [3.8, 4) is 0 Å². The molecule has 0 heterocycles. The van der Waals surface area contributed by atoms with Gasteiger partial charge in [0.2, 0.25) is 5.91 Å². The van der Waals surface area contributed by atoms with Gasteiger partial charge in [-0.15, -0.1) is 0 Å². The lowest BCUT2D eigenvalue weighted by Gasteiger charge is -1.87. The fraction of sp³-hybridized carbons (Fsp3) is 0.625. The SMILES string of the molecule is CC.CNC(=O)/C=C\CCO. The summed E-state index contributed by atoms with van der Waals surface area (Å²) in [6, 6.07) is 0. The summed E-state index contributed by atoms with van der Waals surface area (Å²) >= 11 is 0. The Morgan fingerprint density at radius 3 is 2.45 bits per heavy atom. The number of amides is 1. The Kier molecular flexibility index (Phi) is 13.9. The highest BCUT2D eigenvalue weighted by atomic mass is 16.2. The summed E-state index contributed by atoms with van der Waals surface area (Å²) in [6.07, 6.45) is 3.56. The number of rotatable bonds is 3. The van der Waals surface area contributed by atoms with Crippen LogP contribution < -0.4 is 5.32 Å². The zero-order valence-corrected chi connectivity index (χ0v) is 7.42. The molecule has 1 amide bonds. The van der Waals surface area contributed by atoms with Crippen molar-refractivity contribution in [2.75, 3.05) is 13.7 Å². The molecule has 0 aromatic carbocycles. The molecule has 0 fully saturated rings. The maximum Gasteiger partial charge on any atom is 0.243 e. The first-order valence-electron chi connectivity index (χ1n) is 3.80. The Labute approximate surface area is 68.1 Å². The second-order valence-corrected chi connectivity index (χ2v) is 1.53. The summed E-state index contributed by atoms with van der Waals surface area (Å²) in [5, 5.41) is 10.7. The summed E-state index contributed by atoms with van der Waals surface area (Å²) in [4.78, 5) is 10.4. The maximum absolute atomic E-state index is 10.4. The quantitative estimate of drug-likeness (QED) is 0.595. The molecule has 0 saturated heterocycles. The lowest BCUT2D eigenvalue weighted by molar-refractivity contribution is -0.116. The summed E-state index contributed by atoms with van der Waals surface area (Å²) < 4.78 is 0. The fourth-order valence-corrected chi connectivity index (χ4v) is 0.348. The Morgan fingerprint density at radius 2 is 2.09 bits per heavy atom. The van der Waals surface area contributed by atoms with Gasteiger partial charge in [0.15, 0.2) is 0 Å². The Hall–Kier alpha value is -0.830. The number of carbonyl (C=O) groups excluding carboxylic acids is 1. The van der Waals surface area contributed by atoms with E-state index < -0.39 is 0 Å². The molecule has 2 N–H and O–H groups in total. The summed E-state index contributed by atoms with van der Waals surface area (Å²) in [6.45, 7) is 4.09. The van der Waals surface area contributed by atoms with Crippen LogP contribution in [0, 0.1) is 0 Å². The Morgan fingerprint density at radius 1 is 1.55 bits per heavy atom. The molecule has 0 aromatic heterocycles. The largest absolute Gasteiger partial charge is 0.396 e. The lowest BCUT2D eigenvalue weighted by Crippen LogP contribution is -2.13. The van der Waals surface area contributed by atoms with Crippen molar-refractivity contribution >= 4 is 5.91 Å². The molecule has 0 aromatic rings. The Bertz CT molecular complexity index is 111. The number of likely N-dealkylation sites (N-methyl/N-ethyl adjacent to an activating group) is 1. The third-order valence-corrected chi connectivity index (χ3v) is 0.811. The van der Waals surface area contributed by atoms with E-state index in [2.05, 4.69) is 5.32 Å². The van der Waals surface area contributed by atoms with Crippen LogP contribution in [0.5, 0.6) is 0 Å². The van der Waals surface area contributed by atoms with Gasteiger partial charge >= 0.3 is 0 Å². The van der Waals surface area contributed by atoms with Crippen molar-refractivity contribution in [3.05, 3.63) is 12.2 Å². The number of hydrogen-bond acceptors (Lipinski definition) is 2. The van der Waals surface area contributed by atoms with Crippen LogP contribution in [0.1, 0.15) is 20.3 Å². The third kappa shape index (κ3) is 12.4. The maximum atomic E-state index is 10.4. The van der Waals surface area contributed by atoms with E-state index >= 15 is 0 Å². The number of hydrogen-bond donors (Lipinski definition) is 2. The molecular weight excluding hydrogens is 142 g/mol. The second kappa shape index (κ2) is 11.9. The van der Waals surface area contributed by atoms with Crippen molar-refractivity contribution in [1.29, 1.82) is 0 Å². The normalized spacial score (nSPS) is 8.73. The van der Waals surface area contributed by atoms with Gasteiger partial charge in [-0.05, 0) is 12.5 Å². The highest BCUT2D eigenvalue weighted by molar-refractivity contribution is 5.87. The first-order chi connectivity index (χ1) is 5.31. The molecule has 0 aliphatic rings. The van der Waals surface area contributed by atoms with E-state index in [9.17, 15) is 4.79 Å². The molecule has 0 spiro atoms. The van der Waals surface area contributed by atoms with Crippen LogP contribution in [-0.4, -0.2) is 24.7 Å². The van der Waals surface area contributed by atoms with E-state index in [1.54, 1.807) is 13.1 Å². The second-order valence-electron chi connectivity index (χ2n) is 1.53. The summed E-state index contributed by atoms with van der Waals surface area (Å²) in [5.41, 5.74) is 0. The smallest absolute Gasteiger partial charge is 0.243 e. The van der Waals surface area contributed by atoms with Crippen LogP contribution in [0.4, 0.5) is 0 Å². The minimum Gasteiger partial charge on any atom is -0.396 e. The molecular formula is C8H17NO2. The van der Waals surface area contributed by atoms with E-state index in [0.29, 0.717) is 6.42 Å². The molecule has 3 heteroatoms. The average Bonchev–Trinajstić information content (AvgIpc) is 2.08. The predicted octanol–water partition coefficient (Wildman–Crippen LogP) is 0.697. The van der Waals surface area contributed by atoms with Gasteiger partial charge in [-0.3, -0.25) is 4.79 Å². The van der Waals surface area contributed by atoms with Gasteiger partial charge in [-0.25, -0.2) is 0 Å². The van der Waals surface area contributed by atoms with Gasteiger partial charge in [0, 0.05) is 13.7 Å². The van der Waals surface area contributed by atoms with Gasteiger partial charge in [-0.2, -0.15) is 0 Å². The van der Waals surface area contributed by atoms with E-state index in [1.807, 2.05) is 13.8 Å². The van der Waals surface area contributed by atoms with E-state index in [1.165, 1.54) is 6.08 Å². The highest BCUT2D eigenvalue weighted by Crippen LogP contribution is 1.78. The highest BCUT2D eigenvalue weighted by Gasteiger charge is 1.84. The molecule has 0 aliphatic carbocycles. The van der Waals surface area contributed by atoms with Gasteiger partial charge in [0.05, 0.1) is 0 Å². The average molecular weight is 159 g/mol. The first-order valence-corrected chi connectivity index (χ1v) is 3.80. The van der Waals surface area contributed by atoms with Crippen molar-refractivity contribution < 1.29 is 9.90 Å². The molecule has 0 aliphatic heterocycles. The molecule has 11 heavy (non-hydrogen) atoms. The lowest BCUT2D eigenvalue weighted by atomic mass is 10.4. The molecule has 0 bridgehead atoms. The minimum atomic E-state index is -0.136. The molecule has 0 radical (unpaired) electrons. The summed E-state index contributed by atoms with van der Waals surface area (Å²) in [5.74, 6) is -0.136. The number of aliphatic hydroxyl groups excluding tert-OH is 1. The van der Waals surface area contributed by atoms with Crippen LogP contribution in [-0.2, 0) is 4.79 Å². The monoisotopic (exact) mass is 159 g/mol. The molecule has 3 nitrogen and oxygen atoms in total. The topological polar surface area (TPSA) is 49.3 Å². The summed E-state index contributed by atoms with van der Waals surface area (Å²) in [7, 11) is 1.56. The molecule has 0 atom stereocenters. The van der Waals surface area contributed by atoms with Crippen LogP contribution >= 0.6 is 0 Å². The molecule has 66 valence electrons. The van der Waals surface area contributed by atoms with Gasteiger partial charge in [-0.1, -0.05) is 19.9 Å². The van der Waals surface area contributed by atoms with Gasteiger partial charge in [0.25, 0.3) is 0 Å². The van der Waals surface area contributed by atoms with E-state index in [-0.39, 0.29) is 12.5 Å². The minimum absolute atomic E-state index is 0.0908. The number of nitrogens with one attached hydrogen (secondary N) is 1. The predicted molar refractivity (Wildman–Crippen MR) is 46.3 cm³/mol. The van der Waals surface area contributed by atoms with Gasteiger partial charge in [0.1, 0.15) is 0 Å². The van der Waals surface area contributed by atoms with Crippen molar-refractivity contribution in [1.82, 2.24) is 5.32 Å². The van der Waals surface area contributed by atoms with Crippen molar-refractivity contribution in [2.24, 2.45) is 0 Å². The molecule has 0 rings (SSSR count). The van der Waals surface area contributed by atoms with E-state index in [0.717, 1.165) is 0 Å². The first kappa shape index (κ1) is 12.8. The number of carbonyl (C=O) groups is 1. The van der Waals surface area contributed by atoms with Crippen LogP contribution in [0.25, 0.3) is 0 Å². The van der Waals surface area contributed by atoms with Crippen molar-refractivity contribution in [2.45, 2.75) is 20.3 Å². The van der Waals surface area contributed by atoms with Crippen molar-refractivity contribution in [3.63, 3.8) is 0 Å². The molecule has 0 unspecified atom stereocenters. The standard InChI is InChI=1S/C6H11NO2.C2H6/c1-7-6(9)4-2-3-5-8;1-2/h2,4,8H,3,5H2,1H3,(H,7,9);1-2H3/b4-2-;. The van der Waals surface area contributed by atoms with Gasteiger partial charge < -0.3 is 10.4 Å². The van der Waals surface area contributed by atoms with Crippen LogP contribution in [0.2, 0.25) is 0 Å².